The Morgan fingerprint density at radius 3 is 2.21 bits per heavy atom. The van der Waals surface area contributed by atoms with Crippen LogP contribution in [0, 0.1) is 13.8 Å². The zero-order chi connectivity index (χ0) is 24.8. The minimum atomic E-state index is -3.73. The van der Waals surface area contributed by atoms with E-state index in [2.05, 4.69) is 5.32 Å². The van der Waals surface area contributed by atoms with Gasteiger partial charge in [0.15, 0.2) is 0 Å². The van der Waals surface area contributed by atoms with Crippen molar-refractivity contribution in [1.29, 1.82) is 0 Å². The van der Waals surface area contributed by atoms with Gasteiger partial charge in [0, 0.05) is 12.6 Å². The van der Waals surface area contributed by atoms with Crippen molar-refractivity contribution in [2.24, 2.45) is 0 Å². The van der Waals surface area contributed by atoms with Crippen LogP contribution in [-0.4, -0.2) is 56.6 Å². The average Bonchev–Trinajstić information content (AvgIpc) is 2.73. The van der Waals surface area contributed by atoms with Gasteiger partial charge in [0.05, 0.1) is 11.9 Å². The monoisotopic (exact) mass is 473 g/mol. The van der Waals surface area contributed by atoms with Crippen molar-refractivity contribution in [3.8, 4) is 0 Å². The second-order valence-corrected chi connectivity index (χ2v) is 10.6. The highest BCUT2D eigenvalue weighted by Gasteiger charge is 2.30. The van der Waals surface area contributed by atoms with Gasteiger partial charge < -0.3 is 10.2 Å². The van der Waals surface area contributed by atoms with E-state index in [1.165, 1.54) is 4.90 Å². The van der Waals surface area contributed by atoms with Gasteiger partial charge >= 0.3 is 0 Å². The number of hydrogen-bond acceptors (Lipinski definition) is 4. The van der Waals surface area contributed by atoms with Gasteiger partial charge in [-0.15, -0.1) is 0 Å². The lowest BCUT2D eigenvalue weighted by atomic mass is 10.1. The van der Waals surface area contributed by atoms with Crippen LogP contribution in [0.2, 0.25) is 0 Å². The van der Waals surface area contributed by atoms with Crippen LogP contribution < -0.4 is 9.62 Å². The van der Waals surface area contributed by atoms with Crippen LogP contribution in [-0.2, 0) is 26.0 Å². The van der Waals surface area contributed by atoms with E-state index < -0.39 is 22.0 Å². The molecule has 0 aliphatic heterocycles. The summed E-state index contributed by atoms with van der Waals surface area (Å²) in [7, 11) is -3.73. The van der Waals surface area contributed by atoms with E-state index in [1.54, 1.807) is 13.0 Å². The van der Waals surface area contributed by atoms with Crippen molar-refractivity contribution in [2.75, 3.05) is 23.7 Å². The largest absolute Gasteiger partial charge is 0.352 e. The lowest BCUT2D eigenvalue weighted by Crippen LogP contribution is -2.53. The predicted molar refractivity (Wildman–Crippen MR) is 133 cm³/mol. The van der Waals surface area contributed by atoms with Crippen molar-refractivity contribution in [2.45, 2.75) is 53.1 Å². The quantitative estimate of drug-likeness (QED) is 0.575. The number of sulfonamides is 1. The molecule has 1 atom stereocenters. The first kappa shape index (κ1) is 26.4. The minimum absolute atomic E-state index is 0.0755. The number of anilines is 1. The highest BCUT2D eigenvalue weighted by molar-refractivity contribution is 7.92. The Morgan fingerprint density at radius 2 is 1.64 bits per heavy atom. The number of rotatable bonds is 10. The molecule has 180 valence electrons. The van der Waals surface area contributed by atoms with Gasteiger partial charge in [0.1, 0.15) is 12.6 Å². The van der Waals surface area contributed by atoms with E-state index in [0.29, 0.717) is 18.7 Å². The molecule has 0 radical (unpaired) electrons. The Labute approximate surface area is 197 Å². The molecule has 33 heavy (non-hydrogen) atoms. The molecule has 0 bridgehead atoms. The highest BCUT2D eigenvalue weighted by Crippen LogP contribution is 2.24. The van der Waals surface area contributed by atoms with E-state index in [0.717, 1.165) is 27.3 Å². The molecular weight excluding hydrogens is 438 g/mol. The van der Waals surface area contributed by atoms with Crippen LogP contribution in [0.5, 0.6) is 0 Å². The average molecular weight is 474 g/mol. The lowest BCUT2D eigenvalue weighted by molar-refractivity contribution is -0.139. The first-order valence-electron chi connectivity index (χ1n) is 11.1. The fraction of sp³-hybridized carbons (Fsp3) is 0.440. The molecular formula is C25H35N3O4S. The summed E-state index contributed by atoms with van der Waals surface area (Å²) in [6.45, 7) is 8.97. The number of carbonyl (C=O) groups is 2. The summed E-state index contributed by atoms with van der Waals surface area (Å²) in [5, 5.41) is 2.84. The molecule has 0 spiro atoms. The fourth-order valence-corrected chi connectivity index (χ4v) is 4.46. The van der Waals surface area contributed by atoms with Gasteiger partial charge in [-0.1, -0.05) is 42.5 Å². The van der Waals surface area contributed by atoms with E-state index >= 15 is 0 Å². The smallest absolute Gasteiger partial charge is 0.244 e. The molecule has 2 aromatic carbocycles. The third-order valence-corrected chi connectivity index (χ3v) is 6.52. The molecule has 1 N–H and O–H groups in total. The van der Waals surface area contributed by atoms with Crippen molar-refractivity contribution in [3.63, 3.8) is 0 Å². The van der Waals surface area contributed by atoms with Gasteiger partial charge in [-0.25, -0.2) is 8.42 Å². The Hall–Kier alpha value is -2.87. The molecule has 2 rings (SSSR count). The maximum Gasteiger partial charge on any atom is 0.244 e. The molecule has 0 aliphatic rings. The summed E-state index contributed by atoms with van der Waals surface area (Å²) in [6, 6.07) is 14.3. The van der Waals surface area contributed by atoms with Crippen LogP contribution in [0.3, 0.4) is 0 Å². The van der Waals surface area contributed by atoms with Crippen molar-refractivity contribution in [3.05, 3.63) is 65.2 Å². The van der Waals surface area contributed by atoms with Crippen LogP contribution in [0.1, 0.15) is 37.5 Å². The molecule has 8 heteroatoms. The third kappa shape index (κ3) is 7.60. The Kier molecular flexibility index (Phi) is 9.05. The van der Waals surface area contributed by atoms with E-state index in [-0.39, 0.29) is 18.5 Å². The summed E-state index contributed by atoms with van der Waals surface area (Å²) < 4.78 is 26.4. The molecule has 1 unspecified atom stereocenters. The van der Waals surface area contributed by atoms with Crippen LogP contribution >= 0.6 is 0 Å². The highest BCUT2D eigenvalue weighted by atomic mass is 32.2. The zero-order valence-electron chi connectivity index (χ0n) is 20.3. The van der Waals surface area contributed by atoms with E-state index in [4.69, 9.17) is 0 Å². The first-order chi connectivity index (χ1) is 15.4. The van der Waals surface area contributed by atoms with E-state index in [1.807, 2.05) is 70.2 Å². The lowest BCUT2D eigenvalue weighted by Gasteiger charge is -2.32. The molecule has 0 saturated heterocycles. The Morgan fingerprint density at radius 1 is 1.00 bits per heavy atom. The van der Waals surface area contributed by atoms with Gasteiger partial charge in [0.25, 0.3) is 0 Å². The zero-order valence-corrected chi connectivity index (χ0v) is 21.1. The fourth-order valence-electron chi connectivity index (χ4n) is 3.56. The SMILES string of the molecule is Cc1ccc(C)c(N(CC(=O)N(CCc2ccccc2)C(C)C(=O)NC(C)C)S(C)(=O)=O)c1. The van der Waals surface area contributed by atoms with Crippen molar-refractivity contribution < 1.29 is 18.0 Å². The third-order valence-electron chi connectivity index (χ3n) is 5.39. The topological polar surface area (TPSA) is 86.8 Å². The van der Waals surface area contributed by atoms with Gasteiger partial charge in [-0.3, -0.25) is 13.9 Å². The number of benzene rings is 2. The molecule has 0 heterocycles. The number of carbonyl (C=O) groups excluding carboxylic acids is 2. The van der Waals surface area contributed by atoms with Crippen LogP contribution in [0.25, 0.3) is 0 Å². The summed E-state index contributed by atoms with van der Waals surface area (Å²) in [5.41, 5.74) is 3.14. The van der Waals surface area contributed by atoms with Crippen molar-refractivity contribution >= 4 is 27.5 Å². The number of nitrogens with one attached hydrogen (secondary N) is 1. The number of nitrogens with zero attached hydrogens (tertiary/aromatic N) is 2. The molecule has 2 amide bonds. The Balaban J connectivity index is 2.35. The number of amides is 2. The summed E-state index contributed by atoms with van der Waals surface area (Å²) in [4.78, 5) is 27.7. The molecule has 7 nitrogen and oxygen atoms in total. The Bertz CT molecular complexity index is 1070. The first-order valence-corrected chi connectivity index (χ1v) is 12.9. The molecule has 0 saturated carbocycles. The second kappa shape index (κ2) is 11.3. The normalized spacial score (nSPS) is 12.3. The minimum Gasteiger partial charge on any atom is -0.352 e. The standard InChI is InChI=1S/C25H35N3O4S/c1-18(2)26-25(30)21(5)27(15-14-22-10-8-7-9-11-22)24(29)17-28(33(6,31)32)23-16-19(3)12-13-20(23)4/h7-13,16,18,21H,14-15,17H2,1-6H3,(H,26,30). The molecule has 0 aliphatic carbocycles. The van der Waals surface area contributed by atoms with Crippen LogP contribution in [0.15, 0.2) is 48.5 Å². The van der Waals surface area contributed by atoms with Crippen LogP contribution in [0.4, 0.5) is 5.69 Å². The maximum atomic E-state index is 13.5. The number of aryl methyl sites for hydroxylation is 2. The van der Waals surface area contributed by atoms with Gasteiger partial charge in [-0.05, 0) is 63.8 Å². The van der Waals surface area contributed by atoms with Gasteiger partial charge in [0.2, 0.25) is 21.8 Å². The maximum absolute atomic E-state index is 13.5. The summed E-state index contributed by atoms with van der Waals surface area (Å²) in [5.74, 6) is -0.701. The molecule has 0 fully saturated rings. The predicted octanol–water partition coefficient (Wildman–Crippen LogP) is 3.05. The van der Waals surface area contributed by atoms with Crippen molar-refractivity contribution in [1.82, 2.24) is 10.2 Å². The summed E-state index contributed by atoms with van der Waals surface area (Å²) in [6.07, 6.45) is 1.64. The molecule has 2 aromatic rings. The number of hydrogen-bond donors (Lipinski definition) is 1. The molecule has 0 aromatic heterocycles. The van der Waals surface area contributed by atoms with E-state index in [9.17, 15) is 18.0 Å². The second-order valence-electron chi connectivity index (χ2n) is 8.72. The summed E-state index contributed by atoms with van der Waals surface area (Å²) >= 11 is 0. The van der Waals surface area contributed by atoms with Gasteiger partial charge in [-0.2, -0.15) is 0 Å².